The van der Waals surface area contributed by atoms with Gasteiger partial charge in [-0.15, -0.1) is 0 Å². The topological polar surface area (TPSA) is 98.0 Å². The largest absolute Gasteiger partial charge is 1.00 e. The average Bonchev–Trinajstić information content (AvgIpc) is 2.11. The van der Waals surface area contributed by atoms with Gasteiger partial charge in [0.1, 0.15) is 0 Å². The number of benzene rings is 1. The van der Waals surface area contributed by atoms with Gasteiger partial charge in [0.05, 0.1) is 0 Å². The van der Waals surface area contributed by atoms with Crippen LogP contribution in [0.1, 0.15) is 6.99 Å². The van der Waals surface area contributed by atoms with E-state index in [0.29, 0.717) is 5.56 Å². The molecule has 78 valence electrons. The van der Waals surface area contributed by atoms with Gasteiger partial charge in [-0.1, -0.05) is 6.07 Å². The molecule has 0 aliphatic heterocycles. The first-order valence-corrected chi connectivity index (χ1v) is 3.92. The van der Waals surface area contributed by atoms with Crippen molar-refractivity contribution in [3.8, 4) is 11.5 Å². The summed E-state index contributed by atoms with van der Waals surface area (Å²) < 4.78 is 0. The van der Waals surface area contributed by atoms with E-state index >= 15 is 0 Å². The Balaban J connectivity index is 0. The number of phenols is 2. The van der Waals surface area contributed by atoms with Crippen LogP contribution in [0.5, 0.6) is 11.5 Å². The van der Waals surface area contributed by atoms with E-state index < -0.39 is 12.1 Å². The zero-order valence-electron chi connectivity index (χ0n) is 9.21. The number of hydrogen-bond donors (Lipinski definition) is 4. The Kier molecular flexibility index (Phi) is 5.67. The monoisotopic (exact) mass is 222 g/mol. The molecule has 1 aromatic rings. The third-order valence-corrected chi connectivity index (χ3v) is 1.75. The molecule has 15 heavy (non-hydrogen) atoms. The van der Waals surface area contributed by atoms with E-state index in [-0.39, 0.29) is 48.9 Å². The second-order valence-corrected chi connectivity index (χ2v) is 2.88. The van der Waals surface area contributed by atoms with Gasteiger partial charge in [-0.2, -0.15) is 0 Å². The van der Waals surface area contributed by atoms with Crippen molar-refractivity contribution in [1.29, 1.82) is 0 Å². The normalized spacial score (nSPS) is 11.5. The van der Waals surface area contributed by atoms with Crippen LogP contribution in [-0.2, 0) is 11.2 Å². The molecule has 0 radical (unpaired) electrons. The number of hydrogen-bond acceptors (Lipinski definition) is 4. The Morgan fingerprint density at radius 2 is 1.93 bits per heavy atom. The minimum atomic E-state index is -1.50. The van der Waals surface area contributed by atoms with Crippen molar-refractivity contribution in [2.75, 3.05) is 0 Å². The Labute approximate surface area is 110 Å². The smallest absolute Gasteiger partial charge is 1.00 e. The van der Waals surface area contributed by atoms with Gasteiger partial charge in [-0.05, 0) is 17.7 Å². The molecule has 0 spiro atoms. The van der Waals surface area contributed by atoms with Crippen molar-refractivity contribution in [1.82, 2.24) is 0 Å². The Morgan fingerprint density at radius 1 is 1.33 bits per heavy atom. The molecule has 0 aliphatic rings. The summed E-state index contributed by atoms with van der Waals surface area (Å²) in [6, 6.07) is 3.88. The molecule has 0 saturated carbocycles. The van der Waals surface area contributed by atoms with Crippen LogP contribution >= 0.6 is 0 Å². The van der Waals surface area contributed by atoms with Crippen LogP contribution in [0.15, 0.2) is 18.2 Å². The number of carbonyl (C=O) groups is 1. The van der Waals surface area contributed by atoms with Crippen molar-refractivity contribution in [3.05, 3.63) is 23.8 Å². The van der Waals surface area contributed by atoms with Gasteiger partial charge in [-0.25, -0.2) is 4.79 Å². The van der Waals surface area contributed by atoms with Crippen LogP contribution < -0.4 is 29.6 Å². The third kappa shape index (κ3) is 4.09. The SMILES string of the molecule is O=C(O)C(O)Cc1ccc(O)c(O)c1.[H-].[Na+]. The first kappa shape index (κ1) is 14.2. The second-order valence-electron chi connectivity index (χ2n) is 2.88. The molecule has 0 saturated heterocycles. The Hall–Kier alpha value is -0.750. The molecule has 0 amide bonds. The quantitative estimate of drug-likeness (QED) is 0.327. The molecule has 6 heteroatoms. The molecule has 0 bridgehead atoms. The minimum absolute atomic E-state index is 0. The molecule has 0 heterocycles. The van der Waals surface area contributed by atoms with Gasteiger partial charge in [-0.3, -0.25) is 0 Å². The molecule has 0 fully saturated rings. The van der Waals surface area contributed by atoms with Crippen LogP contribution in [0.25, 0.3) is 0 Å². The van der Waals surface area contributed by atoms with Crippen molar-refractivity contribution in [3.63, 3.8) is 0 Å². The molecule has 1 rings (SSSR count). The summed E-state index contributed by atoms with van der Waals surface area (Å²) in [5.74, 6) is -1.93. The molecular formula is C9H11NaO5. The number of rotatable bonds is 3. The fourth-order valence-electron chi connectivity index (χ4n) is 1.01. The van der Waals surface area contributed by atoms with Crippen molar-refractivity contribution in [2.24, 2.45) is 0 Å². The standard InChI is InChI=1S/C9H10O5.Na.H/c10-6-2-1-5(3-7(6)11)4-8(12)9(13)14;;/h1-3,8,10-12H,4H2,(H,13,14);;/q;+1;-1. The molecule has 1 atom stereocenters. The second kappa shape index (κ2) is 5.97. The number of aliphatic hydroxyl groups excluding tert-OH is 1. The fourth-order valence-corrected chi connectivity index (χ4v) is 1.01. The first-order chi connectivity index (χ1) is 6.50. The van der Waals surface area contributed by atoms with E-state index in [9.17, 15) is 4.79 Å². The molecule has 0 aromatic heterocycles. The minimum Gasteiger partial charge on any atom is -1.00 e. The van der Waals surface area contributed by atoms with E-state index in [1.165, 1.54) is 18.2 Å². The summed E-state index contributed by atoms with van der Waals surface area (Å²) in [5.41, 5.74) is 0.440. The number of carboxylic acid groups (broad SMARTS) is 1. The zero-order valence-corrected chi connectivity index (χ0v) is 10.2. The number of aromatic hydroxyl groups is 2. The molecule has 1 aromatic carbocycles. The third-order valence-electron chi connectivity index (χ3n) is 1.75. The predicted octanol–water partition coefficient (Wildman–Crippen LogP) is -2.80. The van der Waals surface area contributed by atoms with Gasteiger partial charge in [0.15, 0.2) is 17.6 Å². The van der Waals surface area contributed by atoms with Crippen molar-refractivity contribution < 1.29 is 56.2 Å². The van der Waals surface area contributed by atoms with Gasteiger partial charge in [0.2, 0.25) is 0 Å². The van der Waals surface area contributed by atoms with Crippen LogP contribution in [0.2, 0.25) is 0 Å². The number of aliphatic carboxylic acids is 1. The number of carboxylic acids is 1. The van der Waals surface area contributed by atoms with Gasteiger partial charge in [0.25, 0.3) is 0 Å². The van der Waals surface area contributed by atoms with Gasteiger partial charge >= 0.3 is 35.5 Å². The number of aliphatic hydroxyl groups is 1. The Morgan fingerprint density at radius 3 is 2.40 bits per heavy atom. The maximum atomic E-state index is 10.3. The summed E-state index contributed by atoms with van der Waals surface area (Å²) >= 11 is 0. The van der Waals surface area contributed by atoms with E-state index in [4.69, 9.17) is 20.4 Å². The van der Waals surface area contributed by atoms with Crippen LogP contribution in [0.3, 0.4) is 0 Å². The zero-order chi connectivity index (χ0) is 10.7. The van der Waals surface area contributed by atoms with Crippen LogP contribution in [0, 0.1) is 0 Å². The summed E-state index contributed by atoms with van der Waals surface area (Å²) in [6.45, 7) is 0. The van der Waals surface area contributed by atoms with E-state index in [0.717, 1.165) is 0 Å². The molecule has 5 nitrogen and oxygen atoms in total. The van der Waals surface area contributed by atoms with E-state index in [1.54, 1.807) is 0 Å². The van der Waals surface area contributed by atoms with Crippen LogP contribution in [-0.4, -0.2) is 32.5 Å². The molecule has 0 aliphatic carbocycles. The Bertz CT molecular complexity index is 358. The van der Waals surface area contributed by atoms with Gasteiger partial charge < -0.3 is 21.9 Å². The molecule has 4 N–H and O–H groups in total. The van der Waals surface area contributed by atoms with Crippen LogP contribution in [0.4, 0.5) is 0 Å². The van der Waals surface area contributed by atoms with E-state index in [2.05, 4.69) is 0 Å². The average molecular weight is 222 g/mol. The number of phenolic OH excluding ortho intramolecular Hbond substituents is 2. The maximum absolute atomic E-state index is 10.3. The molecule has 1 unspecified atom stereocenters. The van der Waals surface area contributed by atoms with Crippen molar-refractivity contribution >= 4 is 5.97 Å². The van der Waals surface area contributed by atoms with Gasteiger partial charge in [0, 0.05) is 6.42 Å². The summed E-state index contributed by atoms with van der Waals surface area (Å²) in [5, 5.41) is 35.4. The van der Waals surface area contributed by atoms with E-state index in [1.807, 2.05) is 0 Å². The van der Waals surface area contributed by atoms with Crippen molar-refractivity contribution in [2.45, 2.75) is 12.5 Å². The first-order valence-electron chi connectivity index (χ1n) is 3.92. The fraction of sp³-hybridized carbons (Fsp3) is 0.222. The molecular weight excluding hydrogens is 211 g/mol. The maximum Gasteiger partial charge on any atom is 1.00 e. The summed E-state index contributed by atoms with van der Waals surface area (Å²) in [7, 11) is 0. The summed E-state index contributed by atoms with van der Waals surface area (Å²) in [4.78, 5) is 10.3. The predicted molar refractivity (Wildman–Crippen MR) is 48.2 cm³/mol. The summed E-state index contributed by atoms with van der Waals surface area (Å²) in [6.07, 6.45) is -1.61.